The number of ether oxygens (including phenoxy) is 3. The number of methoxy groups -OCH3 is 3. The molecule has 0 bridgehead atoms. The van der Waals surface area contributed by atoms with Crippen LogP contribution in [0.1, 0.15) is 52.0 Å². The minimum absolute atomic E-state index is 0.341. The number of hydrogen-bond donors (Lipinski definition) is 1. The molecule has 1 aliphatic rings. The van der Waals surface area contributed by atoms with Gasteiger partial charge in [-0.2, -0.15) is 0 Å². The zero-order valence-electron chi connectivity index (χ0n) is 16.1. The molecule has 0 amide bonds. The maximum Gasteiger partial charge on any atom is 0.203 e. The van der Waals surface area contributed by atoms with Crippen molar-refractivity contribution >= 4 is 0 Å². The van der Waals surface area contributed by atoms with Crippen molar-refractivity contribution in [2.24, 2.45) is 11.3 Å². The average molecular weight is 335 g/mol. The molecule has 1 aromatic rings. The third-order valence-corrected chi connectivity index (χ3v) is 5.17. The molecule has 0 aliphatic heterocycles. The van der Waals surface area contributed by atoms with Gasteiger partial charge in [0.2, 0.25) is 5.75 Å². The molecule has 1 aromatic carbocycles. The fraction of sp³-hybridized carbons (Fsp3) is 0.700. The highest BCUT2D eigenvalue weighted by Crippen LogP contribution is 2.40. The molecule has 0 radical (unpaired) electrons. The van der Waals surface area contributed by atoms with Crippen LogP contribution >= 0.6 is 0 Å². The molecule has 1 fully saturated rings. The fourth-order valence-corrected chi connectivity index (χ4v) is 3.90. The monoisotopic (exact) mass is 335 g/mol. The normalized spacial score (nSPS) is 21.4. The first-order valence-corrected chi connectivity index (χ1v) is 8.93. The van der Waals surface area contributed by atoms with Crippen molar-refractivity contribution in [3.8, 4) is 17.2 Å². The lowest BCUT2D eigenvalue weighted by molar-refractivity contribution is 0.130. The lowest BCUT2D eigenvalue weighted by atomic mass is 9.69. The van der Waals surface area contributed by atoms with E-state index < -0.39 is 0 Å². The van der Waals surface area contributed by atoms with E-state index in [-0.39, 0.29) is 0 Å². The summed E-state index contributed by atoms with van der Waals surface area (Å²) in [6, 6.07) is 4.63. The molecule has 24 heavy (non-hydrogen) atoms. The van der Waals surface area contributed by atoms with Gasteiger partial charge in [-0.05, 0) is 41.9 Å². The molecule has 1 aliphatic carbocycles. The highest BCUT2D eigenvalue weighted by molar-refractivity contribution is 5.53. The molecule has 4 nitrogen and oxygen atoms in total. The fourth-order valence-electron chi connectivity index (χ4n) is 3.90. The first-order valence-electron chi connectivity index (χ1n) is 8.93. The minimum atomic E-state index is 0.341. The third kappa shape index (κ3) is 4.35. The zero-order valence-corrected chi connectivity index (χ0v) is 16.1. The Hall–Kier alpha value is -1.42. The van der Waals surface area contributed by atoms with Gasteiger partial charge in [0.1, 0.15) is 0 Å². The quantitative estimate of drug-likeness (QED) is 0.836. The molecular weight excluding hydrogens is 302 g/mol. The van der Waals surface area contributed by atoms with Gasteiger partial charge < -0.3 is 19.5 Å². The van der Waals surface area contributed by atoms with E-state index in [1.807, 2.05) is 12.1 Å². The molecule has 0 heterocycles. The Balaban J connectivity index is 2.13. The van der Waals surface area contributed by atoms with Crippen LogP contribution in [0.5, 0.6) is 17.2 Å². The van der Waals surface area contributed by atoms with Crippen molar-refractivity contribution in [2.45, 2.75) is 59.0 Å². The first-order chi connectivity index (χ1) is 11.4. The predicted molar refractivity (Wildman–Crippen MR) is 98.1 cm³/mol. The third-order valence-electron chi connectivity index (χ3n) is 5.17. The summed E-state index contributed by atoms with van der Waals surface area (Å²) >= 11 is 0. The van der Waals surface area contributed by atoms with E-state index in [0.717, 1.165) is 12.1 Å². The largest absolute Gasteiger partial charge is 0.493 e. The van der Waals surface area contributed by atoms with Crippen LogP contribution in [0.3, 0.4) is 0 Å². The van der Waals surface area contributed by atoms with E-state index in [0.29, 0.717) is 34.6 Å². The van der Waals surface area contributed by atoms with Gasteiger partial charge >= 0.3 is 0 Å². The highest BCUT2D eigenvalue weighted by atomic mass is 16.5. The summed E-state index contributed by atoms with van der Waals surface area (Å²) in [5.74, 6) is 2.79. The summed E-state index contributed by atoms with van der Waals surface area (Å²) in [4.78, 5) is 0. The van der Waals surface area contributed by atoms with Gasteiger partial charge in [-0.25, -0.2) is 0 Å². The average Bonchev–Trinajstić information content (AvgIpc) is 2.58. The van der Waals surface area contributed by atoms with E-state index in [1.165, 1.54) is 25.7 Å². The summed E-state index contributed by atoms with van der Waals surface area (Å²) < 4.78 is 16.3. The summed E-state index contributed by atoms with van der Waals surface area (Å²) in [5, 5.41) is 3.78. The minimum Gasteiger partial charge on any atom is -0.493 e. The SMILES string of the molecule is COc1cc(CN[C@@H]2CCCC[C@@H]2C(C)(C)C)cc(OC)c1OC. The molecular formula is C20H33NO3. The Morgan fingerprint density at radius 2 is 1.54 bits per heavy atom. The second-order valence-electron chi connectivity index (χ2n) is 7.78. The van der Waals surface area contributed by atoms with Gasteiger partial charge in [-0.3, -0.25) is 0 Å². The molecule has 1 N–H and O–H groups in total. The van der Waals surface area contributed by atoms with E-state index >= 15 is 0 Å². The van der Waals surface area contributed by atoms with Gasteiger partial charge in [0.25, 0.3) is 0 Å². The van der Waals surface area contributed by atoms with Crippen LogP contribution in [0.2, 0.25) is 0 Å². The van der Waals surface area contributed by atoms with Crippen LogP contribution in [0.15, 0.2) is 12.1 Å². The van der Waals surface area contributed by atoms with Crippen molar-refractivity contribution in [3.63, 3.8) is 0 Å². The van der Waals surface area contributed by atoms with Crippen LogP contribution in [-0.2, 0) is 6.54 Å². The molecule has 0 spiro atoms. The molecule has 2 rings (SSSR count). The number of benzene rings is 1. The lowest BCUT2D eigenvalue weighted by Gasteiger charge is -2.41. The number of hydrogen-bond acceptors (Lipinski definition) is 4. The van der Waals surface area contributed by atoms with Crippen LogP contribution in [-0.4, -0.2) is 27.4 Å². The Kier molecular flexibility index (Phi) is 6.39. The van der Waals surface area contributed by atoms with Crippen molar-refractivity contribution in [3.05, 3.63) is 17.7 Å². The van der Waals surface area contributed by atoms with Gasteiger partial charge in [0.05, 0.1) is 21.3 Å². The van der Waals surface area contributed by atoms with Gasteiger partial charge in [-0.1, -0.05) is 33.6 Å². The van der Waals surface area contributed by atoms with Crippen LogP contribution < -0.4 is 19.5 Å². The number of nitrogens with one attached hydrogen (secondary N) is 1. The molecule has 136 valence electrons. The van der Waals surface area contributed by atoms with Crippen molar-refractivity contribution in [1.29, 1.82) is 0 Å². The Labute approximate surface area is 146 Å². The van der Waals surface area contributed by atoms with E-state index in [9.17, 15) is 0 Å². The Morgan fingerprint density at radius 3 is 2.04 bits per heavy atom. The van der Waals surface area contributed by atoms with Crippen LogP contribution in [0, 0.1) is 11.3 Å². The summed E-state index contributed by atoms with van der Waals surface area (Å²) in [6.45, 7) is 7.89. The van der Waals surface area contributed by atoms with Crippen molar-refractivity contribution < 1.29 is 14.2 Å². The van der Waals surface area contributed by atoms with Crippen LogP contribution in [0.25, 0.3) is 0 Å². The molecule has 1 saturated carbocycles. The Bertz CT molecular complexity index is 511. The molecule has 0 aromatic heterocycles. The summed E-state index contributed by atoms with van der Waals surface area (Å²) in [5.41, 5.74) is 1.50. The second kappa shape index (κ2) is 8.11. The Morgan fingerprint density at radius 1 is 0.958 bits per heavy atom. The van der Waals surface area contributed by atoms with Crippen molar-refractivity contribution in [2.75, 3.05) is 21.3 Å². The maximum absolute atomic E-state index is 5.45. The van der Waals surface area contributed by atoms with Gasteiger partial charge in [-0.15, -0.1) is 0 Å². The lowest BCUT2D eigenvalue weighted by Crippen LogP contribution is -2.43. The summed E-state index contributed by atoms with van der Waals surface area (Å²) in [7, 11) is 4.95. The molecule has 4 heteroatoms. The van der Waals surface area contributed by atoms with Gasteiger partial charge in [0, 0.05) is 12.6 Å². The van der Waals surface area contributed by atoms with E-state index in [1.54, 1.807) is 21.3 Å². The maximum atomic E-state index is 5.45. The standard InChI is InChI=1S/C20H33NO3/c1-20(2,3)15-9-7-8-10-16(15)21-13-14-11-17(22-4)19(24-6)18(12-14)23-5/h11-12,15-16,21H,7-10,13H2,1-6H3/t15-,16+/m0/s1. The predicted octanol–water partition coefficient (Wildman–Crippen LogP) is 4.41. The van der Waals surface area contributed by atoms with Crippen molar-refractivity contribution in [1.82, 2.24) is 5.32 Å². The topological polar surface area (TPSA) is 39.7 Å². The van der Waals surface area contributed by atoms with Gasteiger partial charge in [0.15, 0.2) is 11.5 Å². The molecule has 2 atom stereocenters. The van der Waals surface area contributed by atoms with E-state index in [4.69, 9.17) is 14.2 Å². The zero-order chi connectivity index (χ0) is 17.7. The molecule has 0 saturated heterocycles. The number of rotatable bonds is 6. The first kappa shape index (κ1) is 18.9. The second-order valence-corrected chi connectivity index (χ2v) is 7.78. The smallest absolute Gasteiger partial charge is 0.203 e. The summed E-state index contributed by atoms with van der Waals surface area (Å²) in [6.07, 6.45) is 5.24. The van der Waals surface area contributed by atoms with E-state index in [2.05, 4.69) is 26.1 Å². The molecule has 0 unspecified atom stereocenters. The van der Waals surface area contributed by atoms with Crippen LogP contribution in [0.4, 0.5) is 0 Å². The highest BCUT2D eigenvalue weighted by Gasteiger charge is 2.33.